The first-order valence-corrected chi connectivity index (χ1v) is 10.2. The molecule has 1 saturated carbocycles. The van der Waals surface area contributed by atoms with Gasteiger partial charge < -0.3 is 13.8 Å². The standard InChI is InChI=1S/C18H15F5NO5P/c1-9(18(25)27-10-7-8-10)24-30(26,28-11-5-3-2-4-6-11)29-17-15(22)13(20)12(19)14(21)16(17)23/h2-6,9-10H,7-8H2,1H3,(H,24,26)/t9-,30?/m0/s1. The molecule has 0 heterocycles. The van der Waals surface area contributed by atoms with Gasteiger partial charge in [0.15, 0.2) is 0 Å². The third-order valence-electron chi connectivity index (χ3n) is 3.86. The summed E-state index contributed by atoms with van der Waals surface area (Å²) < 4.78 is 96.1. The third kappa shape index (κ3) is 4.91. The largest absolute Gasteiger partial charge is 0.513 e. The van der Waals surface area contributed by atoms with Gasteiger partial charge in [-0.05, 0) is 31.9 Å². The third-order valence-corrected chi connectivity index (χ3v) is 5.44. The zero-order valence-electron chi connectivity index (χ0n) is 15.3. The molecule has 2 aromatic rings. The highest BCUT2D eigenvalue weighted by atomic mass is 31.2. The second-order valence-electron chi connectivity index (χ2n) is 6.38. The van der Waals surface area contributed by atoms with Gasteiger partial charge >= 0.3 is 13.7 Å². The predicted octanol–water partition coefficient (Wildman–Crippen LogP) is 4.63. The number of rotatable bonds is 8. The molecule has 1 aliphatic rings. The van der Waals surface area contributed by atoms with Gasteiger partial charge in [0.1, 0.15) is 17.9 Å². The van der Waals surface area contributed by atoms with Gasteiger partial charge in [-0.2, -0.15) is 13.9 Å². The Morgan fingerprint density at radius 1 is 0.967 bits per heavy atom. The molecule has 1 unspecified atom stereocenters. The highest BCUT2D eigenvalue weighted by Crippen LogP contribution is 2.47. The first kappa shape index (κ1) is 22.0. The van der Waals surface area contributed by atoms with E-state index in [2.05, 4.69) is 9.61 Å². The monoisotopic (exact) mass is 451 g/mol. The van der Waals surface area contributed by atoms with Crippen molar-refractivity contribution in [2.75, 3.05) is 0 Å². The van der Waals surface area contributed by atoms with Crippen molar-refractivity contribution < 1.29 is 45.1 Å². The number of hydrogen-bond donors (Lipinski definition) is 1. The van der Waals surface area contributed by atoms with E-state index in [0.717, 1.165) is 0 Å². The maximum atomic E-state index is 14.0. The van der Waals surface area contributed by atoms with E-state index in [1.165, 1.54) is 31.2 Å². The second kappa shape index (κ2) is 8.61. The topological polar surface area (TPSA) is 73.9 Å². The summed E-state index contributed by atoms with van der Waals surface area (Å²) in [6.45, 7) is 1.20. The molecule has 30 heavy (non-hydrogen) atoms. The Morgan fingerprint density at radius 3 is 2.03 bits per heavy atom. The average Bonchev–Trinajstić information content (AvgIpc) is 3.53. The molecule has 2 atom stereocenters. The molecule has 0 amide bonds. The van der Waals surface area contributed by atoms with E-state index in [4.69, 9.17) is 9.26 Å². The zero-order chi connectivity index (χ0) is 22.1. The van der Waals surface area contributed by atoms with Crippen LogP contribution in [0.15, 0.2) is 30.3 Å². The van der Waals surface area contributed by atoms with Crippen LogP contribution < -0.4 is 14.1 Å². The lowest BCUT2D eigenvalue weighted by atomic mass is 10.3. The molecule has 0 aromatic heterocycles. The van der Waals surface area contributed by atoms with Gasteiger partial charge in [0, 0.05) is 0 Å². The number of ether oxygens (including phenoxy) is 1. The van der Waals surface area contributed by atoms with Crippen molar-refractivity contribution >= 4 is 13.7 Å². The van der Waals surface area contributed by atoms with Gasteiger partial charge in [0.25, 0.3) is 0 Å². The molecule has 1 aliphatic carbocycles. The minimum absolute atomic E-state index is 0.125. The van der Waals surface area contributed by atoms with Crippen molar-refractivity contribution in [1.82, 2.24) is 5.09 Å². The first-order chi connectivity index (χ1) is 14.1. The van der Waals surface area contributed by atoms with E-state index >= 15 is 0 Å². The predicted molar refractivity (Wildman–Crippen MR) is 93.2 cm³/mol. The SMILES string of the molecule is C[C@H](NP(=O)(Oc1ccccc1)Oc1c(F)c(F)c(F)c(F)c1F)C(=O)OC1CC1. The van der Waals surface area contributed by atoms with Crippen LogP contribution in [0.1, 0.15) is 19.8 Å². The molecule has 0 spiro atoms. The summed E-state index contributed by atoms with van der Waals surface area (Å²) in [6.07, 6.45) is 1.00. The molecular weight excluding hydrogens is 436 g/mol. The molecule has 3 rings (SSSR count). The molecule has 6 nitrogen and oxygen atoms in total. The fraction of sp³-hybridized carbons (Fsp3) is 0.278. The Labute approximate surface area is 167 Å². The lowest BCUT2D eigenvalue weighted by Crippen LogP contribution is -2.36. The Bertz CT molecular complexity index is 973. The minimum Gasteiger partial charge on any atom is -0.461 e. The number of esters is 1. The highest BCUT2D eigenvalue weighted by Gasteiger charge is 2.39. The molecular formula is C18H15F5NO5P. The maximum Gasteiger partial charge on any atom is 0.513 e. The van der Waals surface area contributed by atoms with Crippen LogP contribution in [-0.2, 0) is 14.1 Å². The van der Waals surface area contributed by atoms with Gasteiger partial charge in [-0.3, -0.25) is 4.79 Å². The number of benzene rings is 2. The van der Waals surface area contributed by atoms with E-state index in [9.17, 15) is 31.3 Å². The Balaban J connectivity index is 1.93. The van der Waals surface area contributed by atoms with Crippen LogP contribution in [0.25, 0.3) is 0 Å². The Hall–Kier alpha value is -2.65. The summed E-state index contributed by atoms with van der Waals surface area (Å²) in [4.78, 5) is 12.0. The smallest absolute Gasteiger partial charge is 0.461 e. The molecule has 1 fully saturated rings. The fourth-order valence-corrected chi connectivity index (χ4v) is 3.74. The summed E-state index contributed by atoms with van der Waals surface area (Å²) >= 11 is 0. The Kier molecular flexibility index (Phi) is 6.33. The lowest BCUT2D eigenvalue weighted by molar-refractivity contribution is -0.146. The van der Waals surface area contributed by atoms with Crippen LogP contribution in [0.4, 0.5) is 22.0 Å². The first-order valence-electron chi connectivity index (χ1n) is 8.65. The highest BCUT2D eigenvalue weighted by molar-refractivity contribution is 7.52. The van der Waals surface area contributed by atoms with Crippen LogP contribution in [-0.4, -0.2) is 18.1 Å². The normalized spacial score (nSPS) is 16.5. The maximum absolute atomic E-state index is 14.0. The van der Waals surface area contributed by atoms with Gasteiger partial charge in [-0.15, -0.1) is 0 Å². The van der Waals surface area contributed by atoms with Crippen LogP contribution in [0.2, 0.25) is 0 Å². The van der Waals surface area contributed by atoms with E-state index in [1.54, 1.807) is 6.07 Å². The van der Waals surface area contributed by atoms with Crippen molar-refractivity contribution in [2.24, 2.45) is 0 Å². The van der Waals surface area contributed by atoms with Crippen molar-refractivity contribution in [3.05, 3.63) is 59.4 Å². The van der Waals surface area contributed by atoms with E-state index in [0.29, 0.717) is 12.8 Å². The van der Waals surface area contributed by atoms with E-state index in [-0.39, 0.29) is 11.9 Å². The van der Waals surface area contributed by atoms with E-state index < -0.39 is 54.6 Å². The molecule has 162 valence electrons. The molecule has 2 aromatic carbocycles. The van der Waals surface area contributed by atoms with Crippen LogP contribution in [0.5, 0.6) is 11.5 Å². The number of halogens is 5. The van der Waals surface area contributed by atoms with Crippen molar-refractivity contribution in [1.29, 1.82) is 0 Å². The summed E-state index contributed by atoms with van der Waals surface area (Å²) in [7, 11) is -4.89. The summed E-state index contributed by atoms with van der Waals surface area (Å²) in [6, 6.07) is 5.73. The summed E-state index contributed by atoms with van der Waals surface area (Å²) in [5.41, 5.74) is 0. The van der Waals surface area contributed by atoms with Crippen molar-refractivity contribution in [3.63, 3.8) is 0 Å². The van der Waals surface area contributed by atoms with Gasteiger partial charge in [0.05, 0.1) is 0 Å². The fourth-order valence-electron chi connectivity index (χ4n) is 2.22. The van der Waals surface area contributed by atoms with Gasteiger partial charge in [-0.25, -0.2) is 17.7 Å². The van der Waals surface area contributed by atoms with Crippen LogP contribution in [0.3, 0.4) is 0 Å². The molecule has 12 heteroatoms. The van der Waals surface area contributed by atoms with Crippen molar-refractivity contribution in [3.8, 4) is 11.5 Å². The van der Waals surface area contributed by atoms with Crippen LogP contribution in [0, 0.1) is 29.1 Å². The molecule has 0 radical (unpaired) electrons. The number of carbonyl (C=O) groups is 1. The van der Waals surface area contributed by atoms with Crippen molar-refractivity contribution in [2.45, 2.75) is 31.9 Å². The Morgan fingerprint density at radius 2 is 1.50 bits per heavy atom. The zero-order valence-corrected chi connectivity index (χ0v) is 16.2. The number of nitrogens with one attached hydrogen (secondary N) is 1. The summed E-state index contributed by atoms with van der Waals surface area (Å²) in [5.74, 6) is -14.5. The average molecular weight is 451 g/mol. The van der Waals surface area contributed by atoms with Gasteiger partial charge in [0.2, 0.25) is 34.8 Å². The quantitative estimate of drug-likeness (QED) is 0.207. The van der Waals surface area contributed by atoms with E-state index in [1.807, 2.05) is 0 Å². The van der Waals surface area contributed by atoms with Gasteiger partial charge in [-0.1, -0.05) is 18.2 Å². The van der Waals surface area contributed by atoms with Crippen LogP contribution >= 0.6 is 7.75 Å². The molecule has 0 aliphatic heterocycles. The second-order valence-corrected chi connectivity index (χ2v) is 8.00. The molecule has 0 saturated heterocycles. The lowest BCUT2D eigenvalue weighted by Gasteiger charge is -2.23. The molecule has 0 bridgehead atoms. The number of hydrogen-bond acceptors (Lipinski definition) is 5. The number of para-hydroxylation sites is 1. The summed E-state index contributed by atoms with van der Waals surface area (Å²) in [5, 5.41) is 2.10. The minimum atomic E-state index is -4.89. The number of carbonyl (C=O) groups excluding carboxylic acids is 1. The molecule has 1 N–H and O–H groups in total.